The maximum atomic E-state index is 6.10. The van der Waals surface area contributed by atoms with Crippen molar-refractivity contribution >= 4 is 23.4 Å². The summed E-state index contributed by atoms with van der Waals surface area (Å²) < 4.78 is 0. The van der Waals surface area contributed by atoms with Gasteiger partial charge in [-0.1, -0.05) is 18.5 Å². The minimum atomic E-state index is 0.387. The second-order valence-corrected chi connectivity index (χ2v) is 6.13. The number of rotatable bonds is 4. The molecule has 3 heteroatoms. The Hall–Kier alpha value is -0.620. The fourth-order valence-electron chi connectivity index (χ4n) is 2.29. The molecule has 1 aromatic carbocycles. The van der Waals surface area contributed by atoms with E-state index in [1.54, 1.807) is 0 Å². The molecule has 0 spiro atoms. The van der Waals surface area contributed by atoms with Crippen LogP contribution in [0.5, 0.6) is 0 Å². The largest absolute Gasteiger partial charge is 0.306 e. The Morgan fingerprint density at radius 3 is 3.17 bits per heavy atom. The maximum Gasteiger partial charge on any atom is 0.0410 e. The van der Waals surface area contributed by atoms with Crippen LogP contribution in [-0.4, -0.2) is 11.8 Å². The molecule has 2 atom stereocenters. The van der Waals surface area contributed by atoms with Crippen LogP contribution in [0.4, 0.5) is 0 Å². The van der Waals surface area contributed by atoms with Crippen molar-refractivity contribution in [3.05, 3.63) is 28.8 Å². The molecule has 0 fully saturated rings. The topological polar surface area (TPSA) is 12.0 Å². The molecule has 1 nitrogen and oxygen atoms in total. The number of hydrogen-bond acceptors (Lipinski definition) is 2. The predicted molar refractivity (Wildman–Crippen MR) is 80.2 cm³/mol. The van der Waals surface area contributed by atoms with E-state index in [1.807, 2.05) is 17.8 Å². The van der Waals surface area contributed by atoms with Crippen LogP contribution in [0.2, 0.25) is 5.02 Å². The van der Waals surface area contributed by atoms with Crippen molar-refractivity contribution in [3.63, 3.8) is 0 Å². The summed E-state index contributed by atoms with van der Waals surface area (Å²) in [6, 6.07) is 6.96. The van der Waals surface area contributed by atoms with Gasteiger partial charge in [-0.3, -0.25) is 0 Å². The molecule has 96 valence electrons. The lowest BCUT2D eigenvalue weighted by Gasteiger charge is -2.29. The molecule has 0 amide bonds. The lowest BCUT2D eigenvalue weighted by molar-refractivity contribution is 0.416. The highest BCUT2D eigenvalue weighted by atomic mass is 35.5. The summed E-state index contributed by atoms with van der Waals surface area (Å²) in [5, 5.41) is 4.49. The molecule has 0 aromatic heterocycles. The van der Waals surface area contributed by atoms with Gasteiger partial charge in [0.2, 0.25) is 0 Å². The summed E-state index contributed by atoms with van der Waals surface area (Å²) in [6.07, 6.45) is 8.40. The highest BCUT2D eigenvalue weighted by Crippen LogP contribution is 2.37. The molecule has 1 aromatic rings. The fourth-order valence-corrected chi connectivity index (χ4v) is 3.57. The summed E-state index contributed by atoms with van der Waals surface area (Å²) in [5.41, 5.74) is 1.33. The molecule has 1 N–H and O–H groups in total. The van der Waals surface area contributed by atoms with Crippen LogP contribution < -0.4 is 5.32 Å². The Kier molecular flexibility index (Phi) is 5.00. The number of nitrogens with one attached hydrogen (secondary N) is 1. The van der Waals surface area contributed by atoms with Gasteiger partial charge in [0, 0.05) is 28.4 Å². The first-order chi connectivity index (χ1) is 8.74. The third-order valence-electron chi connectivity index (χ3n) is 3.31. The molecule has 1 aliphatic rings. The zero-order chi connectivity index (χ0) is 13.0. The molecule has 18 heavy (non-hydrogen) atoms. The van der Waals surface area contributed by atoms with Gasteiger partial charge >= 0.3 is 0 Å². The third kappa shape index (κ3) is 3.23. The number of halogens is 1. The lowest BCUT2D eigenvalue weighted by Crippen LogP contribution is -2.33. The molecular weight excluding hydrogens is 262 g/mol. The SMILES string of the molecule is C#CCC(CC)NC1CCSc2ccc(Cl)cc21. The van der Waals surface area contributed by atoms with E-state index in [0.717, 1.165) is 30.0 Å². The lowest BCUT2D eigenvalue weighted by atomic mass is 10.0. The average molecular weight is 280 g/mol. The van der Waals surface area contributed by atoms with Crippen molar-refractivity contribution in [3.8, 4) is 12.3 Å². The molecule has 0 radical (unpaired) electrons. The first kappa shape index (κ1) is 13.8. The van der Waals surface area contributed by atoms with Gasteiger partial charge in [-0.15, -0.1) is 24.1 Å². The number of hydrogen-bond donors (Lipinski definition) is 1. The van der Waals surface area contributed by atoms with Crippen molar-refractivity contribution < 1.29 is 0 Å². The zero-order valence-corrected chi connectivity index (χ0v) is 12.2. The van der Waals surface area contributed by atoms with Crippen LogP contribution in [0.25, 0.3) is 0 Å². The van der Waals surface area contributed by atoms with E-state index in [1.165, 1.54) is 10.5 Å². The molecule has 0 aliphatic carbocycles. The van der Waals surface area contributed by atoms with Gasteiger partial charge in [-0.25, -0.2) is 0 Å². The van der Waals surface area contributed by atoms with E-state index in [-0.39, 0.29) is 0 Å². The fraction of sp³-hybridized carbons (Fsp3) is 0.467. The zero-order valence-electron chi connectivity index (χ0n) is 10.6. The predicted octanol–water partition coefficient (Wildman–Crippen LogP) is 4.27. The molecule has 2 rings (SSSR count). The normalized spacial score (nSPS) is 19.9. The first-order valence-electron chi connectivity index (χ1n) is 6.36. The summed E-state index contributed by atoms with van der Waals surface area (Å²) in [5.74, 6) is 3.90. The Bertz CT molecular complexity index is 452. The maximum absolute atomic E-state index is 6.10. The van der Waals surface area contributed by atoms with Crippen LogP contribution in [0.1, 0.15) is 37.8 Å². The van der Waals surface area contributed by atoms with Crippen LogP contribution in [-0.2, 0) is 0 Å². The Balaban J connectivity index is 2.16. The van der Waals surface area contributed by atoms with Gasteiger partial charge in [0.05, 0.1) is 0 Å². The van der Waals surface area contributed by atoms with Crippen molar-refractivity contribution in [1.29, 1.82) is 0 Å². The summed E-state index contributed by atoms with van der Waals surface area (Å²) in [4.78, 5) is 1.35. The second-order valence-electron chi connectivity index (χ2n) is 4.55. The summed E-state index contributed by atoms with van der Waals surface area (Å²) in [6.45, 7) is 2.17. The number of fused-ring (bicyclic) bond motifs is 1. The molecular formula is C15H18ClNS. The Morgan fingerprint density at radius 1 is 1.61 bits per heavy atom. The van der Waals surface area contributed by atoms with Crippen LogP contribution in [0, 0.1) is 12.3 Å². The monoisotopic (exact) mass is 279 g/mol. The van der Waals surface area contributed by atoms with Crippen molar-refractivity contribution in [1.82, 2.24) is 5.32 Å². The molecule has 0 saturated heterocycles. The summed E-state index contributed by atoms with van der Waals surface area (Å²) >= 11 is 8.01. The van der Waals surface area contributed by atoms with Gasteiger partial charge in [-0.2, -0.15) is 0 Å². The Morgan fingerprint density at radius 2 is 2.44 bits per heavy atom. The van der Waals surface area contributed by atoms with E-state index >= 15 is 0 Å². The number of benzene rings is 1. The van der Waals surface area contributed by atoms with Gasteiger partial charge < -0.3 is 5.32 Å². The van der Waals surface area contributed by atoms with Crippen molar-refractivity contribution in [2.45, 2.75) is 43.2 Å². The van der Waals surface area contributed by atoms with Crippen molar-refractivity contribution in [2.75, 3.05) is 5.75 Å². The Labute approximate surface area is 119 Å². The van der Waals surface area contributed by atoms with Gasteiger partial charge in [0.25, 0.3) is 0 Å². The summed E-state index contributed by atoms with van der Waals surface area (Å²) in [7, 11) is 0. The first-order valence-corrected chi connectivity index (χ1v) is 7.72. The van der Waals surface area contributed by atoms with E-state index < -0.39 is 0 Å². The highest BCUT2D eigenvalue weighted by Gasteiger charge is 2.22. The average Bonchev–Trinajstić information content (AvgIpc) is 2.38. The highest BCUT2D eigenvalue weighted by molar-refractivity contribution is 7.99. The standard InChI is InChI=1S/C15H18ClNS/c1-3-5-12(4-2)17-14-8-9-18-15-7-6-11(16)10-13(14)15/h1,6-7,10,12,14,17H,4-5,8-9H2,2H3. The molecule has 1 heterocycles. The molecule has 2 unspecified atom stereocenters. The van der Waals surface area contributed by atoms with E-state index in [4.69, 9.17) is 18.0 Å². The van der Waals surface area contributed by atoms with E-state index in [0.29, 0.717) is 12.1 Å². The third-order valence-corrected chi connectivity index (χ3v) is 4.66. The van der Waals surface area contributed by atoms with Crippen LogP contribution >= 0.6 is 23.4 Å². The smallest absolute Gasteiger partial charge is 0.0410 e. The van der Waals surface area contributed by atoms with Gasteiger partial charge in [-0.05, 0) is 42.4 Å². The number of terminal acetylenes is 1. The van der Waals surface area contributed by atoms with Gasteiger partial charge in [0.15, 0.2) is 0 Å². The second kappa shape index (κ2) is 6.52. The minimum Gasteiger partial charge on any atom is -0.306 e. The minimum absolute atomic E-state index is 0.387. The van der Waals surface area contributed by atoms with Crippen LogP contribution in [0.15, 0.2) is 23.1 Å². The van der Waals surface area contributed by atoms with Crippen LogP contribution in [0.3, 0.4) is 0 Å². The van der Waals surface area contributed by atoms with E-state index in [2.05, 4.69) is 30.3 Å². The van der Waals surface area contributed by atoms with Crippen molar-refractivity contribution in [2.24, 2.45) is 0 Å². The molecule has 1 aliphatic heterocycles. The van der Waals surface area contributed by atoms with E-state index in [9.17, 15) is 0 Å². The van der Waals surface area contributed by atoms with Gasteiger partial charge in [0.1, 0.15) is 0 Å². The number of thioether (sulfide) groups is 1. The molecule has 0 saturated carbocycles. The molecule has 0 bridgehead atoms. The quantitative estimate of drug-likeness (QED) is 0.826.